The highest BCUT2D eigenvalue weighted by Gasteiger charge is 2.21. The van der Waals surface area contributed by atoms with Crippen molar-refractivity contribution in [1.29, 1.82) is 0 Å². The van der Waals surface area contributed by atoms with Gasteiger partial charge in [0.25, 0.3) is 0 Å². The number of hydrogen-bond acceptors (Lipinski definition) is 5. The first-order valence-corrected chi connectivity index (χ1v) is 9.72. The third-order valence-electron chi connectivity index (χ3n) is 3.81. The number of halogens is 1. The van der Waals surface area contributed by atoms with Gasteiger partial charge >= 0.3 is 0 Å². The predicted molar refractivity (Wildman–Crippen MR) is 100 cm³/mol. The molecule has 3 rings (SSSR count). The maximum Gasteiger partial charge on any atom is 0.186 e. The molecule has 0 atom stereocenters. The zero-order valence-corrected chi connectivity index (χ0v) is 15.5. The second kappa shape index (κ2) is 7.35. The Morgan fingerprint density at radius 2 is 1.77 bits per heavy atom. The zero-order chi connectivity index (χ0) is 18.7. The Balaban J connectivity index is 1.95. The van der Waals surface area contributed by atoms with E-state index in [0.29, 0.717) is 10.6 Å². The van der Waals surface area contributed by atoms with E-state index >= 15 is 0 Å². The molecule has 0 unspecified atom stereocenters. The van der Waals surface area contributed by atoms with Gasteiger partial charge in [0, 0.05) is 23.0 Å². The van der Waals surface area contributed by atoms with Crippen LogP contribution in [0.1, 0.15) is 5.56 Å². The molecule has 1 aromatic heterocycles. The molecular formula is C19H16ClNO4S. The van der Waals surface area contributed by atoms with E-state index in [2.05, 4.69) is 4.98 Å². The van der Waals surface area contributed by atoms with Crippen LogP contribution in [0.3, 0.4) is 0 Å². The van der Waals surface area contributed by atoms with Gasteiger partial charge in [-0.2, -0.15) is 0 Å². The van der Waals surface area contributed by atoms with Crippen molar-refractivity contribution < 1.29 is 18.3 Å². The number of phenolic OH excluding ortho intramolecular Hbond substituents is 1. The molecule has 26 heavy (non-hydrogen) atoms. The number of ether oxygens (including phenoxy) is 1. The van der Waals surface area contributed by atoms with Crippen LogP contribution in [-0.2, 0) is 15.6 Å². The van der Waals surface area contributed by atoms with Gasteiger partial charge in [-0.05, 0) is 47.5 Å². The molecule has 0 saturated carbocycles. The molecule has 7 heteroatoms. The third kappa shape index (κ3) is 3.98. The summed E-state index contributed by atoms with van der Waals surface area (Å²) in [6.07, 6.45) is 3.15. The van der Waals surface area contributed by atoms with Gasteiger partial charge in [-0.15, -0.1) is 0 Å². The van der Waals surface area contributed by atoms with Gasteiger partial charge in [0.15, 0.2) is 9.84 Å². The van der Waals surface area contributed by atoms with E-state index in [-0.39, 0.29) is 22.1 Å². The van der Waals surface area contributed by atoms with Gasteiger partial charge < -0.3 is 9.84 Å². The molecule has 5 nitrogen and oxygen atoms in total. The molecule has 0 saturated heterocycles. The lowest BCUT2D eigenvalue weighted by molar-refractivity contribution is 0.402. The lowest BCUT2D eigenvalue weighted by Crippen LogP contribution is -2.07. The number of rotatable bonds is 5. The number of phenols is 1. The lowest BCUT2D eigenvalue weighted by atomic mass is 10.1. The van der Waals surface area contributed by atoms with Crippen LogP contribution in [0, 0.1) is 0 Å². The highest BCUT2D eigenvalue weighted by atomic mass is 35.5. The zero-order valence-electron chi connectivity index (χ0n) is 13.9. The van der Waals surface area contributed by atoms with Crippen molar-refractivity contribution in [2.45, 2.75) is 10.6 Å². The van der Waals surface area contributed by atoms with Gasteiger partial charge in [0.1, 0.15) is 16.4 Å². The summed E-state index contributed by atoms with van der Waals surface area (Å²) in [5, 5.41) is 9.71. The van der Waals surface area contributed by atoms with Gasteiger partial charge in [-0.1, -0.05) is 23.7 Å². The number of benzene rings is 2. The molecule has 1 N–H and O–H groups in total. The van der Waals surface area contributed by atoms with E-state index in [4.69, 9.17) is 16.3 Å². The SMILES string of the molecule is COc1ccc(Cl)cc1S(=O)(=O)Cc1cncc(-c2ccc(O)cc2)c1. The van der Waals surface area contributed by atoms with Crippen molar-refractivity contribution in [3.8, 4) is 22.6 Å². The van der Waals surface area contributed by atoms with Crippen molar-refractivity contribution in [3.63, 3.8) is 0 Å². The lowest BCUT2D eigenvalue weighted by Gasteiger charge is -2.11. The minimum atomic E-state index is -3.67. The summed E-state index contributed by atoms with van der Waals surface area (Å²) in [6.45, 7) is 0. The number of sulfone groups is 1. The first kappa shape index (κ1) is 18.2. The number of aromatic hydroxyl groups is 1. The molecule has 134 valence electrons. The topological polar surface area (TPSA) is 76.5 Å². The summed E-state index contributed by atoms with van der Waals surface area (Å²) in [6, 6.07) is 12.9. The van der Waals surface area contributed by atoms with Crippen LogP contribution in [0.5, 0.6) is 11.5 Å². The second-order valence-corrected chi connectivity index (χ2v) is 8.08. The Bertz CT molecular complexity index is 1030. The summed E-state index contributed by atoms with van der Waals surface area (Å²) in [7, 11) is -2.26. The molecule has 0 fully saturated rings. The van der Waals surface area contributed by atoms with E-state index < -0.39 is 9.84 Å². The van der Waals surface area contributed by atoms with Crippen molar-refractivity contribution in [3.05, 3.63) is 71.5 Å². The number of nitrogens with zero attached hydrogens (tertiary/aromatic N) is 1. The van der Waals surface area contributed by atoms with Gasteiger partial charge in [-0.25, -0.2) is 8.42 Å². The fourth-order valence-electron chi connectivity index (χ4n) is 2.57. The average molecular weight is 390 g/mol. The fraction of sp³-hybridized carbons (Fsp3) is 0.105. The monoisotopic (exact) mass is 389 g/mol. The van der Waals surface area contributed by atoms with Gasteiger partial charge in [0.05, 0.1) is 12.9 Å². The minimum Gasteiger partial charge on any atom is -0.508 e. The van der Waals surface area contributed by atoms with Crippen molar-refractivity contribution in [2.75, 3.05) is 7.11 Å². The number of pyridine rings is 1. The van der Waals surface area contributed by atoms with Crippen molar-refractivity contribution >= 4 is 21.4 Å². The quantitative estimate of drug-likeness (QED) is 0.711. The Morgan fingerprint density at radius 3 is 2.46 bits per heavy atom. The standard InChI is InChI=1S/C19H16ClNO4S/c1-25-18-7-4-16(20)9-19(18)26(23,24)12-13-8-15(11-21-10-13)14-2-5-17(22)6-3-14/h2-11,22H,12H2,1H3. The van der Waals surface area contributed by atoms with Crippen molar-refractivity contribution in [2.24, 2.45) is 0 Å². The number of aromatic nitrogens is 1. The Hall–Kier alpha value is -2.57. The summed E-state index contributed by atoms with van der Waals surface area (Å²) < 4.78 is 30.8. The smallest absolute Gasteiger partial charge is 0.186 e. The molecule has 0 radical (unpaired) electrons. The van der Waals surface area contributed by atoms with Crippen molar-refractivity contribution in [1.82, 2.24) is 4.98 Å². The van der Waals surface area contributed by atoms with Crippen LogP contribution >= 0.6 is 11.6 Å². The van der Waals surface area contributed by atoms with E-state index in [1.807, 2.05) is 0 Å². The molecule has 2 aromatic carbocycles. The molecule has 3 aromatic rings. The predicted octanol–water partition coefficient (Wildman–Crippen LogP) is 4.09. The summed E-state index contributed by atoms with van der Waals surface area (Å²) >= 11 is 5.95. The number of hydrogen-bond donors (Lipinski definition) is 1. The van der Waals surface area contributed by atoms with E-state index in [1.54, 1.807) is 42.6 Å². The normalized spacial score (nSPS) is 11.3. The van der Waals surface area contributed by atoms with Crippen LogP contribution < -0.4 is 4.74 Å². The third-order valence-corrected chi connectivity index (χ3v) is 5.75. The highest BCUT2D eigenvalue weighted by Crippen LogP contribution is 2.30. The summed E-state index contributed by atoms with van der Waals surface area (Å²) in [4.78, 5) is 4.18. The molecule has 0 aliphatic heterocycles. The molecule has 0 spiro atoms. The molecule has 1 heterocycles. The van der Waals surface area contributed by atoms with Gasteiger partial charge in [-0.3, -0.25) is 4.98 Å². The molecule has 0 amide bonds. The number of methoxy groups -OCH3 is 1. The first-order valence-electron chi connectivity index (χ1n) is 7.69. The van der Waals surface area contributed by atoms with E-state index in [9.17, 15) is 13.5 Å². The highest BCUT2D eigenvalue weighted by molar-refractivity contribution is 7.90. The second-order valence-electron chi connectivity index (χ2n) is 5.68. The van der Waals surface area contributed by atoms with Gasteiger partial charge in [0.2, 0.25) is 0 Å². The molecule has 0 bridgehead atoms. The van der Waals surface area contributed by atoms with Crippen LogP contribution in [0.4, 0.5) is 0 Å². The maximum absolute atomic E-state index is 12.8. The van der Waals surface area contributed by atoms with Crippen LogP contribution in [0.2, 0.25) is 5.02 Å². The molecule has 0 aliphatic carbocycles. The fourth-order valence-corrected chi connectivity index (χ4v) is 4.32. The Kier molecular flexibility index (Phi) is 5.15. The Labute approximate surface area is 156 Å². The van der Waals surface area contributed by atoms with E-state index in [0.717, 1.165) is 11.1 Å². The van der Waals surface area contributed by atoms with Crippen LogP contribution in [0.25, 0.3) is 11.1 Å². The van der Waals surface area contributed by atoms with Crippen LogP contribution in [0.15, 0.2) is 65.8 Å². The first-order chi connectivity index (χ1) is 12.4. The summed E-state index contributed by atoms with van der Waals surface area (Å²) in [5.41, 5.74) is 2.13. The molecular weight excluding hydrogens is 374 g/mol. The largest absolute Gasteiger partial charge is 0.508 e. The van der Waals surface area contributed by atoms with E-state index in [1.165, 1.54) is 25.4 Å². The van der Waals surface area contributed by atoms with Crippen LogP contribution in [-0.4, -0.2) is 25.6 Å². The summed E-state index contributed by atoms with van der Waals surface area (Å²) in [5.74, 6) is 0.174. The molecule has 0 aliphatic rings. The maximum atomic E-state index is 12.8. The Morgan fingerprint density at radius 1 is 1.04 bits per heavy atom. The minimum absolute atomic E-state index is 0.0440. The average Bonchev–Trinajstić information content (AvgIpc) is 2.62.